The molecule has 2 aliphatic carbocycles. The Kier molecular flexibility index (Phi) is 5.64. The molecule has 0 bridgehead atoms. The first-order valence-electron chi connectivity index (χ1n) is 9.39. The van der Waals surface area contributed by atoms with Crippen LogP contribution in [-0.2, 0) is 9.59 Å². The van der Waals surface area contributed by atoms with Crippen LogP contribution in [0.15, 0.2) is 10.2 Å². The zero-order valence-corrected chi connectivity index (χ0v) is 16.7. The number of carbonyl (C=O) groups is 2. The lowest BCUT2D eigenvalue weighted by Gasteiger charge is -2.52. The molecular weight excluding hydrogens is 332 g/mol. The van der Waals surface area contributed by atoms with Crippen LogP contribution in [0.2, 0.25) is 0 Å². The van der Waals surface area contributed by atoms with E-state index in [1.807, 2.05) is 13.8 Å². The summed E-state index contributed by atoms with van der Waals surface area (Å²) in [5, 5.41) is 26.9. The van der Waals surface area contributed by atoms with Gasteiger partial charge in [-0.1, -0.05) is 27.7 Å². The van der Waals surface area contributed by atoms with Crippen molar-refractivity contribution in [1.82, 2.24) is 0 Å². The van der Waals surface area contributed by atoms with Gasteiger partial charge in [0.1, 0.15) is 0 Å². The molecule has 2 N–H and O–H groups in total. The van der Waals surface area contributed by atoms with Gasteiger partial charge < -0.3 is 10.2 Å². The molecule has 4 atom stereocenters. The van der Waals surface area contributed by atoms with Gasteiger partial charge in [0.05, 0.1) is 0 Å². The molecule has 0 aromatic rings. The summed E-state index contributed by atoms with van der Waals surface area (Å²) in [5.74, 6) is -0.596. The Labute approximate surface area is 155 Å². The predicted molar refractivity (Wildman–Crippen MR) is 101 cm³/mol. The lowest BCUT2D eigenvalue weighted by atomic mass is 9.52. The number of aliphatic carboxylic acids is 2. The van der Waals surface area contributed by atoms with E-state index in [-0.39, 0.29) is 47.3 Å². The van der Waals surface area contributed by atoms with Crippen LogP contribution in [0.4, 0.5) is 0 Å². The van der Waals surface area contributed by atoms with Gasteiger partial charge in [-0.05, 0) is 49.4 Å². The molecule has 0 radical (unpaired) electrons. The fraction of sp³-hybridized carbons (Fsp3) is 0.800. The van der Waals surface area contributed by atoms with E-state index >= 15 is 0 Å². The maximum Gasteiger partial charge on any atom is 0.303 e. The van der Waals surface area contributed by atoms with Crippen molar-refractivity contribution in [2.24, 2.45) is 44.7 Å². The highest BCUT2D eigenvalue weighted by molar-refractivity contribution is 5.90. The average molecular weight is 364 g/mol. The molecule has 146 valence electrons. The molecular formula is C20H32N2O4. The van der Waals surface area contributed by atoms with Crippen molar-refractivity contribution in [3.05, 3.63) is 0 Å². The van der Waals surface area contributed by atoms with Crippen molar-refractivity contribution in [2.45, 2.75) is 67.2 Å². The Bertz CT molecular complexity index is 592. The monoisotopic (exact) mass is 364 g/mol. The Morgan fingerprint density at radius 1 is 0.808 bits per heavy atom. The summed E-state index contributed by atoms with van der Waals surface area (Å²) < 4.78 is 0. The van der Waals surface area contributed by atoms with E-state index in [2.05, 4.69) is 37.9 Å². The van der Waals surface area contributed by atoms with Crippen LogP contribution in [0.1, 0.15) is 67.2 Å². The molecule has 2 rings (SSSR count). The van der Waals surface area contributed by atoms with Crippen molar-refractivity contribution >= 4 is 23.4 Å². The van der Waals surface area contributed by atoms with Gasteiger partial charge in [-0.25, -0.2) is 0 Å². The molecule has 0 aromatic carbocycles. The van der Waals surface area contributed by atoms with Crippen molar-refractivity contribution in [1.29, 1.82) is 0 Å². The van der Waals surface area contributed by atoms with Crippen LogP contribution in [-0.4, -0.2) is 33.6 Å². The third-order valence-electron chi connectivity index (χ3n) is 7.16. The second kappa shape index (κ2) is 7.12. The zero-order valence-electron chi connectivity index (χ0n) is 16.7. The van der Waals surface area contributed by atoms with E-state index in [4.69, 9.17) is 10.2 Å². The molecule has 2 fully saturated rings. The number of nitrogens with zero attached hydrogens (tertiary/aromatic N) is 2. The minimum Gasteiger partial charge on any atom is -0.481 e. The van der Waals surface area contributed by atoms with Gasteiger partial charge in [0.15, 0.2) is 0 Å². The van der Waals surface area contributed by atoms with Crippen LogP contribution in [0.3, 0.4) is 0 Å². The summed E-state index contributed by atoms with van der Waals surface area (Å²) in [7, 11) is 0. The number of carboxylic acid groups (broad SMARTS) is 2. The maximum atomic E-state index is 11.0. The first-order valence-corrected chi connectivity index (χ1v) is 9.39. The minimum atomic E-state index is -0.742. The molecule has 2 saturated carbocycles. The third kappa shape index (κ3) is 3.84. The Balaban J connectivity index is 2.00. The molecule has 0 unspecified atom stereocenters. The van der Waals surface area contributed by atoms with E-state index in [0.717, 1.165) is 24.3 Å². The Hall–Kier alpha value is -1.72. The van der Waals surface area contributed by atoms with Gasteiger partial charge in [-0.15, -0.1) is 0 Å². The second-order valence-corrected chi connectivity index (χ2v) is 9.29. The second-order valence-electron chi connectivity index (χ2n) is 9.29. The number of rotatable bonds is 7. The molecule has 6 heteroatoms. The Morgan fingerprint density at radius 3 is 1.35 bits per heavy atom. The van der Waals surface area contributed by atoms with Crippen LogP contribution in [0.25, 0.3) is 0 Å². The molecule has 0 aromatic heterocycles. The summed E-state index contributed by atoms with van der Waals surface area (Å²) in [6.45, 7) is 12.4. The molecule has 26 heavy (non-hydrogen) atoms. The van der Waals surface area contributed by atoms with Crippen molar-refractivity contribution in [3.63, 3.8) is 0 Å². The third-order valence-corrected chi connectivity index (χ3v) is 7.16. The molecule has 0 spiro atoms. The average Bonchev–Trinajstić information content (AvgIpc) is 2.51. The molecule has 0 aliphatic heterocycles. The highest BCUT2D eigenvalue weighted by Gasteiger charge is 2.51. The van der Waals surface area contributed by atoms with Gasteiger partial charge in [0.25, 0.3) is 0 Å². The molecule has 0 saturated heterocycles. The summed E-state index contributed by atoms with van der Waals surface area (Å²) in [6, 6.07) is 0. The van der Waals surface area contributed by atoms with Crippen molar-refractivity contribution in [2.75, 3.05) is 0 Å². The van der Waals surface area contributed by atoms with Crippen LogP contribution in [0.5, 0.6) is 0 Å². The highest BCUT2D eigenvalue weighted by Crippen LogP contribution is 2.54. The normalized spacial score (nSPS) is 33.2. The van der Waals surface area contributed by atoms with Gasteiger partial charge in [0.2, 0.25) is 0 Å². The number of carboxylic acids is 2. The SMILES string of the molecule is C/C(=N\N=C(/C)[C@@H]1C[C@H](CC(=O)O)C1(C)C)[C@@H]1C[C@H](CC(=O)O)C1(C)C. The molecule has 0 heterocycles. The first-order chi connectivity index (χ1) is 11.9. The zero-order chi connectivity index (χ0) is 19.9. The topological polar surface area (TPSA) is 99.3 Å². The summed E-state index contributed by atoms with van der Waals surface area (Å²) in [5.41, 5.74) is 1.76. The van der Waals surface area contributed by atoms with Gasteiger partial charge >= 0.3 is 11.9 Å². The smallest absolute Gasteiger partial charge is 0.303 e. The quantitative estimate of drug-likeness (QED) is 0.525. The fourth-order valence-corrected chi connectivity index (χ4v) is 4.86. The Morgan fingerprint density at radius 2 is 1.12 bits per heavy atom. The lowest BCUT2D eigenvalue weighted by molar-refractivity contribution is -0.142. The van der Waals surface area contributed by atoms with Crippen LogP contribution < -0.4 is 0 Å². The van der Waals surface area contributed by atoms with Crippen molar-refractivity contribution < 1.29 is 19.8 Å². The van der Waals surface area contributed by atoms with Gasteiger partial charge in [-0.3, -0.25) is 9.59 Å². The van der Waals surface area contributed by atoms with E-state index in [9.17, 15) is 9.59 Å². The molecule has 6 nitrogen and oxygen atoms in total. The lowest BCUT2D eigenvalue weighted by Crippen LogP contribution is -2.49. The summed E-state index contributed by atoms with van der Waals surface area (Å²) in [4.78, 5) is 21.9. The molecule has 2 aliphatic rings. The summed E-state index contributed by atoms with van der Waals surface area (Å²) in [6.07, 6.45) is 2.11. The predicted octanol–water partition coefficient (Wildman–Crippen LogP) is 4.10. The fourth-order valence-electron chi connectivity index (χ4n) is 4.86. The number of hydrogen-bond acceptors (Lipinski definition) is 4. The van der Waals surface area contributed by atoms with Crippen LogP contribution >= 0.6 is 0 Å². The standard InChI is InChI=1S/C20H32N2O4/c1-11(15-7-13(9-17(23)24)19(15,3)4)21-22-12(2)16-8-14(10-18(25)26)20(16,5)6/h13-16H,7-10H2,1-6H3,(H,23,24)(H,25,26)/b21-11+,22-12+/t13-,14-,15+,16+/m1/s1. The van der Waals surface area contributed by atoms with Gasteiger partial charge in [-0.2, -0.15) is 10.2 Å². The van der Waals surface area contributed by atoms with E-state index in [1.54, 1.807) is 0 Å². The van der Waals surface area contributed by atoms with Crippen molar-refractivity contribution in [3.8, 4) is 0 Å². The van der Waals surface area contributed by atoms with E-state index in [0.29, 0.717) is 0 Å². The van der Waals surface area contributed by atoms with Gasteiger partial charge in [0, 0.05) is 36.1 Å². The minimum absolute atomic E-state index is 0.0717. The van der Waals surface area contributed by atoms with E-state index < -0.39 is 11.9 Å². The van der Waals surface area contributed by atoms with Crippen LogP contribution in [0, 0.1) is 34.5 Å². The highest BCUT2D eigenvalue weighted by atomic mass is 16.4. The number of hydrogen-bond donors (Lipinski definition) is 2. The summed E-state index contributed by atoms with van der Waals surface area (Å²) >= 11 is 0. The molecule has 0 amide bonds. The largest absolute Gasteiger partial charge is 0.481 e. The van der Waals surface area contributed by atoms with E-state index in [1.165, 1.54) is 0 Å². The first kappa shape index (κ1) is 20.6. The maximum absolute atomic E-state index is 11.0.